The fourth-order valence-corrected chi connectivity index (χ4v) is 2.65. The van der Waals surface area contributed by atoms with Crippen LogP contribution in [0.2, 0.25) is 0 Å². The Labute approximate surface area is 151 Å². The molecule has 0 radical (unpaired) electrons. The second kappa shape index (κ2) is 11.6. The van der Waals surface area contributed by atoms with Crippen molar-refractivity contribution in [2.45, 2.75) is 26.4 Å². The number of methoxy groups -OCH3 is 1. The molecule has 0 saturated carbocycles. The summed E-state index contributed by atoms with van der Waals surface area (Å²) in [6.45, 7) is 6.81. The van der Waals surface area contributed by atoms with Crippen LogP contribution in [0.3, 0.4) is 0 Å². The monoisotopic (exact) mass is 363 g/mol. The van der Waals surface area contributed by atoms with E-state index < -0.39 is 0 Å². The normalized spacial score (nSPS) is 13.0. The van der Waals surface area contributed by atoms with E-state index in [4.69, 9.17) is 4.74 Å². The van der Waals surface area contributed by atoms with E-state index in [9.17, 15) is 4.79 Å². The molecule has 7 heteroatoms. The van der Waals surface area contributed by atoms with E-state index in [0.717, 1.165) is 31.7 Å². The zero-order valence-electron chi connectivity index (χ0n) is 13.8. The lowest BCUT2D eigenvalue weighted by Gasteiger charge is -2.13. The van der Waals surface area contributed by atoms with Gasteiger partial charge in [0.2, 0.25) is 5.91 Å². The SMILES string of the molecule is CCCN1Cc2cccc(NC(=O)CNCCOC)c2C1.Cl.Cl. The molecule has 1 aromatic carbocycles. The lowest BCUT2D eigenvalue weighted by Crippen LogP contribution is -2.30. The molecule has 0 bridgehead atoms. The third kappa shape index (κ3) is 6.65. The number of amides is 1. The number of carbonyl (C=O) groups excluding carboxylic acids is 1. The van der Waals surface area contributed by atoms with Crippen LogP contribution in [0.5, 0.6) is 0 Å². The van der Waals surface area contributed by atoms with E-state index in [1.54, 1.807) is 7.11 Å². The minimum atomic E-state index is -0.00607. The summed E-state index contributed by atoms with van der Waals surface area (Å²) >= 11 is 0. The van der Waals surface area contributed by atoms with Gasteiger partial charge in [-0.05, 0) is 30.2 Å². The van der Waals surface area contributed by atoms with Crippen LogP contribution in [0.25, 0.3) is 0 Å². The lowest BCUT2D eigenvalue weighted by molar-refractivity contribution is -0.115. The Hall–Kier alpha value is -0.850. The average molecular weight is 364 g/mol. The zero-order valence-corrected chi connectivity index (χ0v) is 15.4. The van der Waals surface area contributed by atoms with E-state index in [2.05, 4.69) is 28.5 Å². The van der Waals surface area contributed by atoms with Crippen molar-refractivity contribution >= 4 is 36.4 Å². The van der Waals surface area contributed by atoms with Crippen LogP contribution >= 0.6 is 24.8 Å². The fraction of sp³-hybridized carbons (Fsp3) is 0.562. The summed E-state index contributed by atoms with van der Waals surface area (Å²) < 4.78 is 4.94. The molecule has 5 nitrogen and oxygen atoms in total. The highest BCUT2D eigenvalue weighted by Gasteiger charge is 2.21. The first kappa shape index (κ1) is 22.1. The largest absolute Gasteiger partial charge is 0.383 e. The zero-order chi connectivity index (χ0) is 15.1. The summed E-state index contributed by atoms with van der Waals surface area (Å²) in [6, 6.07) is 6.15. The third-order valence-electron chi connectivity index (χ3n) is 3.63. The maximum Gasteiger partial charge on any atom is 0.238 e. The Morgan fingerprint density at radius 3 is 2.78 bits per heavy atom. The van der Waals surface area contributed by atoms with Crippen molar-refractivity contribution in [3.63, 3.8) is 0 Å². The number of anilines is 1. The molecule has 1 aromatic rings. The molecule has 23 heavy (non-hydrogen) atoms. The van der Waals surface area contributed by atoms with Gasteiger partial charge in [0, 0.05) is 32.4 Å². The van der Waals surface area contributed by atoms with Crippen LogP contribution in [-0.4, -0.2) is 44.2 Å². The van der Waals surface area contributed by atoms with Crippen LogP contribution in [0.4, 0.5) is 5.69 Å². The van der Waals surface area contributed by atoms with Gasteiger partial charge in [-0.3, -0.25) is 9.69 Å². The van der Waals surface area contributed by atoms with Crippen LogP contribution in [-0.2, 0) is 22.6 Å². The molecule has 0 unspecified atom stereocenters. The number of rotatable bonds is 8. The van der Waals surface area contributed by atoms with Gasteiger partial charge in [0.1, 0.15) is 0 Å². The van der Waals surface area contributed by atoms with Crippen molar-refractivity contribution in [2.75, 3.05) is 38.7 Å². The van der Waals surface area contributed by atoms with Gasteiger partial charge in [0.15, 0.2) is 0 Å². The summed E-state index contributed by atoms with van der Waals surface area (Å²) in [5.41, 5.74) is 3.54. The molecule has 132 valence electrons. The Bertz CT molecular complexity index is 486. The summed E-state index contributed by atoms with van der Waals surface area (Å²) in [7, 11) is 1.65. The molecule has 1 aliphatic rings. The molecule has 0 saturated heterocycles. The minimum absolute atomic E-state index is 0. The highest BCUT2D eigenvalue weighted by Crippen LogP contribution is 2.29. The summed E-state index contributed by atoms with van der Waals surface area (Å²) in [5, 5.41) is 6.07. The molecule has 1 heterocycles. The summed E-state index contributed by atoms with van der Waals surface area (Å²) in [4.78, 5) is 14.4. The van der Waals surface area contributed by atoms with Gasteiger partial charge in [-0.15, -0.1) is 24.8 Å². The predicted molar refractivity (Wildman–Crippen MR) is 98.7 cm³/mol. The van der Waals surface area contributed by atoms with E-state index in [0.29, 0.717) is 19.7 Å². The number of halogens is 2. The molecule has 0 atom stereocenters. The van der Waals surface area contributed by atoms with E-state index in [-0.39, 0.29) is 30.7 Å². The first-order valence-corrected chi connectivity index (χ1v) is 7.57. The molecule has 0 spiro atoms. The molecular weight excluding hydrogens is 337 g/mol. The minimum Gasteiger partial charge on any atom is -0.383 e. The topological polar surface area (TPSA) is 53.6 Å². The molecule has 2 N–H and O–H groups in total. The maximum atomic E-state index is 12.0. The number of carbonyl (C=O) groups is 1. The number of ether oxygens (including phenoxy) is 1. The standard InChI is InChI=1S/C16H25N3O2.2ClH/c1-3-8-19-11-13-5-4-6-15(14(13)12-19)18-16(20)10-17-7-9-21-2;;/h4-6,17H,3,7-12H2,1-2H3,(H,18,20);2*1H. The third-order valence-corrected chi connectivity index (χ3v) is 3.63. The number of nitrogens with one attached hydrogen (secondary N) is 2. The van der Waals surface area contributed by atoms with Crippen LogP contribution in [0.1, 0.15) is 24.5 Å². The first-order chi connectivity index (χ1) is 10.2. The van der Waals surface area contributed by atoms with Crippen molar-refractivity contribution < 1.29 is 9.53 Å². The Morgan fingerprint density at radius 2 is 2.09 bits per heavy atom. The number of nitrogens with zero attached hydrogens (tertiary/aromatic N) is 1. The van der Waals surface area contributed by atoms with Gasteiger partial charge < -0.3 is 15.4 Å². The molecule has 2 rings (SSSR count). The molecule has 0 fully saturated rings. The Balaban J connectivity index is 0.00000242. The highest BCUT2D eigenvalue weighted by molar-refractivity contribution is 5.93. The fourth-order valence-electron chi connectivity index (χ4n) is 2.65. The van der Waals surface area contributed by atoms with Gasteiger partial charge in [-0.25, -0.2) is 0 Å². The van der Waals surface area contributed by atoms with Crippen molar-refractivity contribution in [2.24, 2.45) is 0 Å². The van der Waals surface area contributed by atoms with Crippen LogP contribution < -0.4 is 10.6 Å². The van der Waals surface area contributed by atoms with Crippen molar-refractivity contribution in [1.82, 2.24) is 10.2 Å². The van der Waals surface area contributed by atoms with Gasteiger partial charge in [0.05, 0.1) is 13.2 Å². The smallest absolute Gasteiger partial charge is 0.238 e. The van der Waals surface area contributed by atoms with Crippen LogP contribution in [0, 0.1) is 0 Å². The lowest BCUT2D eigenvalue weighted by atomic mass is 10.1. The van der Waals surface area contributed by atoms with Gasteiger partial charge in [-0.1, -0.05) is 19.1 Å². The van der Waals surface area contributed by atoms with Crippen molar-refractivity contribution in [3.05, 3.63) is 29.3 Å². The summed E-state index contributed by atoms with van der Waals surface area (Å²) in [5.74, 6) is -0.00607. The number of benzene rings is 1. The summed E-state index contributed by atoms with van der Waals surface area (Å²) in [6.07, 6.45) is 1.15. The number of hydrogen-bond donors (Lipinski definition) is 2. The van der Waals surface area contributed by atoms with E-state index in [1.807, 2.05) is 12.1 Å². The molecule has 1 amide bonds. The molecule has 0 aliphatic carbocycles. The highest BCUT2D eigenvalue weighted by atomic mass is 35.5. The van der Waals surface area contributed by atoms with Crippen molar-refractivity contribution in [3.8, 4) is 0 Å². The quantitative estimate of drug-likeness (QED) is 0.696. The Morgan fingerprint density at radius 1 is 1.30 bits per heavy atom. The molecule has 0 aromatic heterocycles. The van der Waals surface area contributed by atoms with Gasteiger partial charge >= 0.3 is 0 Å². The second-order valence-electron chi connectivity index (χ2n) is 5.37. The molecule has 1 aliphatic heterocycles. The Kier molecular flexibility index (Phi) is 11.2. The van der Waals surface area contributed by atoms with E-state index in [1.165, 1.54) is 11.1 Å². The van der Waals surface area contributed by atoms with Gasteiger partial charge in [-0.2, -0.15) is 0 Å². The first-order valence-electron chi connectivity index (χ1n) is 7.57. The average Bonchev–Trinajstić information content (AvgIpc) is 2.88. The number of hydrogen-bond acceptors (Lipinski definition) is 4. The van der Waals surface area contributed by atoms with E-state index >= 15 is 0 Å². The van der Waals surface area contributed by atoms with Crippen molar-refractivity contribution in [1.29, 1.82) is 0 Å². The number of fused-ring (bicyclic) bond motifs is 1. The van der Waals surface area contributed by atoms with Crippen LogP contribution in [0.15, 0.2) is 18.2 Å². The molecular formula is C16H27Cl2N3O2. The maximum absolute atomic E-state index is 12.0. The van der Waals surface area contributed by atoms with Gasteiger partial charge in [0.25, 0.3) is 0 Å². The predicted octanol–water partition coefficient (Wildman–Crippen LogP) is 2.43. The second-order valence-corrected chi connectivity index (χ2v) is 5.37.